The number of hydrogen-bond acceptors (Lipinski definition) is 4. The molecule has 3 aromatic rings. The first-order valence-electron chi connectivity index (χ1n) is 8.15. The molecule has 0 unspecified atom stereocenters. The predicted molar refractivity (Wildman–Crippen MR) is 112 cm³/mol. The summed E-state index contributed by atoms with van der Waals surface area (Å²) >= 11 is 6.02. The molecule has 0 aliphatic rings. The number of carbonyl (C=O) groups excluding carboxylic acids is 1. The second kappa shape index (κ2) is 9.82. The van der Waals surface area contributed by atoms with Crippen molar-refractivity contribution in [1.29, 1.82) is 0 Å². The van der Waals surface area contributed by atoms with E-state index in [-0.39, 0.29) is 12.4 Å². The molecule has 1 heterocycles. The Labute approximate surface area is 174 Å². The first-order chi connectivity index (χ1) is 13.0. The highest BCUT2D eigenvalue weighted by atomic mass is 35.5. The third-order valence-corrected chi connectivity index (χ3v) is 3.97. The molecular weight excluding hydrogens is 401 g/mol. The summed E-state index contributed by atoms with van der Waals surface area (Å²) < 4.78 is 11.3. The zero-order valence-electron chi connectivity index (χ0n) is 15.0. The topological polar surface area (TPSA) is 86.5 Å². The van der Waals surface area contributed by atoms with Gasteiger partial charge in [-0.15, -0.1) is 12.4 Å². The number of benzene rings is 2. The molecule has 1 aromatic heterocycles. The average Bonchev–Trinajstić information content (AvgIpc) is 2.63. The molecule has 0 aliphatic carbocycles. The Kier molecular flexibility index (Phi) is 7.49. The number of halogens is 2. The summed E-state index contributed by atoms with van der Waals surface area (Å²) in [6.07, 6.45) is 2.33. The lowest BCUT2D eigenvalue weighted by Gasteiger charge is -2.12. The van der Waals surface area contributed by atoms with E-state index in [9.17, 15) is 4.79 Å². The van der Waals surface area contributed by atoms with Gasteiger partial charge in [0.05, 0.1) is 7.11 Å². The summed E-state index contributed by atoms with van der Waals surface area (Å²) in [5.41, 5.74) is 7.07. The molecule has 0 radical (unpaired) electrons. The van der Waals surface area contributed by atoms with Crippen LogP contribution in [-0.4, -0.2) is 18.1 Å². The van der Waals surface area contributed by atoms with Gasteiger partial charge in [0.2, 0.25) is 0 Å². The SMILES string of the molecule is COc1ccc(Cc2ccc(NC(N)=O)nc2)cc1Oc1cccc(Cl)c1.Cl. The third kappa shape index (κ3) is 5.77. The Balaban J connectivity index is 0.00000280. The number of urea groups is 1. The van der Waals surface area contributed by atoms with Crippen LogP contribution in [0.1, 0.15) is 11.1 Å². The van der Waals surface area contributed by atoms with Crippen LogP contribution in [0.4, 0.5) is 10.6 Å². The van der Waals surface area contributed by atoms with Crippen LogP contribution in [0.5, 0.6) is 17.2 Å². The largest absolute Gasteiger partial charge is 0.493 e. The highest BCUT2D eigenvalue weighted by Gasteiger charge is 2.09. The van der Waals surface area contributed by atoms with Crippen LogP contribution in [0.15, 0.2) is 60.8 Å². The number of aromatic nitrogens is 1. The Bertz CT molecular complexity index is 950. The minimum absolute atomic E-state index is 0. The lowest BCUT2D eigenvalue weighted by molar-refractivity contribution is 0.259. The summed E-state index contributed by atoms with van der Waals surface area (Å²) in [4.78, 5) is 15.0. The van der Waals surface area contributed by atoms with Crippen molar-refractivity contribution in [3.05, 3.63) is 76.9 Å². The van der Waals surface area contributed by atoms with E-state index in [1.165, 1.54) is 0 Å². The molecule has 0 saturated carbocycles. The second-order valence-corrected chi connectivity index (χ2v) is 6.20. The van der Waals surface area contributed by atoms with Crippen molar-refractivity contribution in [1.82, 2.24) is 4.98 Å². The number of methoxy groups -OCH3 is 1. The van der Waals surface area contributed by atoms with E-state index in [0.717, 1.165) is 11.1 Å². The van der Waals surface area contributed by atoms with Crippen molar-refractivity contribution in [2.24, 2.45) is 5.73 Å². The van der Waals surface area contributed by atoms with E-state index >= 15 is 0 Å². The number of rotatable bonds is 6. The molecule has 3 N–H and O–H groups in total. The van der Waals surface area contributed by atoms with E-state index in [4.69, 9.17) is 26.8 Å². The summed E-state index contributed by atoms with van der Waals surface area (Å²) in [7, 11) is 1.59. The van der Waals surface area contributed by atoms with Crippen LogP contribution in [0, 0.1) is 0 Å². The van der Waals surface area contributed by atoms with E-state index in [1.54, 1.807) is 31.5 Å². The maximum absolute atomic E-state index is 10.9. The summed E-state index contributed by atoms with van der Waals surface area (Å²) in [6, 6.07) is 15.8. The first-order valence-corrected chi connectivity index (χ1v) is 8.53. The fourth-order valence-electron chi connectivity index (χ4n) is 2.53. The number of hydrogen-bond donors (Lipinski definition) is 2. The number of anilines is 1. The predicted octanol–water partition coefficient (Wildman–Crippen LogP) is 5.04. The van der Waals surface area contributed by atoms with Crippen LogP contribution in [-0.2, 0) is 6.42 Å². The van der Waals surface area contributed by atoms with Gasteiger partial charge >= 0.3 is 6.03 Å². The van der Waals surface area contributed by atoms with Crippen LogP contribution < -0.4 is 20.5 Å². The maximum atomic E-state index is 10.9. The molecule has 0 fully saturated rings. The summed E-state index contributed by atoms with van der Waals surface area (Å²) in [6.45, 7) is 0. The molecule has 2 amide bonds. The van der Waals surface area contributed by atoms with E-state index in [0.29, 0.717) is 34.5 Å². The Morgan fingerprint density at radius 3 is 2.54 bits per heavy atom. The van der Waals surface area contributed by atoms with Crippen LogP contribution in [0.3, 0.4) is 0 Å². The monoisotopic (exact) mass is 419 g/mol. The zero-order chi connectivity index (χ0) is 19.2. The smallest absolute Gasteiger partial charge is 0.317 e. The summed E-state index contributed by atoms with van der Waals surface area (Å²) in [5.74, 6) is 2.25. The normalized spacial score (nSPS) is 9.93. The van der Waals surface area contributed by atoms with Crippen LogP contribution in [0.2, 0.25) is 5.02 Å². The molecule has 0 bridgehead atoms. The summed E-state index contributed by atoms with van der Waals surface area (Å²) in [5, 5.41) is 3.03. The van der Waals surface area contributed by atoms with Crippen molar-refractivity contribution >= 4 is 35.9 Å². The molecule has 0 spiro atoms. The lowest BCUT2D eigenvalue weighted by Crippen LogP contribution is -2.19. The standard InChI is InChI=1S/C20H18ClN3O3.ClH/c1-26-17-7-5-13(9-14-6-8-19(23-12-14)24-20(22)25)10-18(17)27-16-4-2-3-15(21)11-16;/h2-8,10-12H,9H2,1H3,(H3,22,23,24,25);1H. The number of nitrogens with two attached hydrogens (primary N) is 1. The fraction of sp³-hybridized carbons (Fsp3) is 0.100. The molecule has 8 heteroatoms. The third-order valence-electron chi connectivity index (χ3n) is 3.74. The van der Waals surface area contributed by atoms with Crippen molar-refractivity contribution in [2.75, 3.05) is 12.4 Å². The molecule has 0 aliphatic heterocycles. The lowest BCUT2D eigenvalue weighted by atomic mass is 10.1. The van der Waals surface area contributed by atoms with Gasteiger partial charge in [0.25, 0.3) is 0 Å². The van der Waals surface area contributed by atoms with E-state index in [1.807, 2.05) is 36.4 Å². The molecule has 6 nitrogen and oxygen atoms in total. The van der Waals surface area contributed by atoms with Gasteiger partial charge in [-0.25, -0.2) is 9.78 Å². The van der Waals surface area contributed by atoms with Gasteiger partial charge in [-0.3, -0.25) is 5.32 Å². The Morgan fingerprint density at radius 2 is 1.89 bits per heavy atom. The molecule has 28 heavy (non-hydrogen) atoms. The number of pyridine rings is 1. The van der Waals surface area contributed by atoms with Gasteiger partial charge in [0.15, 0.2) is 11.5 Å². The minimum Gasteiger partial charge on any atom is -0.493 e. The van der Waals surface area contributed by atoms with Gasteiger partial charge < -0.3 is 15.2 Å². The Hall–Kier alpha value is -2.96. The second-order valence-electron chi connectivity index (χ2n) is 5.76. The molecular formula is C20H19Cl2N3O3. The minimum atomic E-state index is -0.645. The highest BCUT2D eigenvalue weighted by Crippen LogP contribution is 2.33. The van der Waals surface area contributed by atoms with Gasteiger partial charge in [0, 0.05) is 11.2 Å². The van der Waals surface area contributed by atoms with E-state index in [2.05, 4.69) is 10.3 Å². The van der Waals surface area contributed by atoms with Gasteiger partial charge in [-0.2, -0.15) is 0 Å². The van der Waals surface area contributed by atoms with Crippen LogP contribution in [0.25, 0.3) is 0 Å². The molecule has 3 rings (SSSR count). The highest BCUT2D eigenvalue weighted by molar-refractivity contribution is 6.30. The number of primary amides is 1. The Morgan fingerprint density at radius 1 is 1.11 bits per heavy atom. The number of carbonyl (C=O) groups is 1. The average molecular weight is 420 g/mol. The van der Waals surface area contributed by atoms with Gasteiger partial charge in [-0.05, 0) is 53.9 Å². The fourth-order valence-corrected chi connectivity index (χ4v) is 2.71. The van der Waals surface area contributed by atoms with E-state index < -0.39 is 6.03 Å². The number of ether oxygens (including phenoxy) is 2. The molecule has 0 atom stereocenters. The van der Waals surface area contributed by atoms with Crippen LogP contribution >= 0.6 is 24.0 Å². The number of amides is 2. The van der Waals surface area contributed by atoms with Gasteiger partial charge in [-0.1, -0.05) is 29.8 Å². The van der Waals surface area contributed by atoms with Crippen molar-refractivity contribution in [3.8, 4) is 17.2 Å². The maximum Gasteiger partial charge on any atom is 0.317 e. The quantitative estimate of drug-likeness (QED) is 0.585. The number of nitrogens with zero attached hydrogens (tertiary/aromatic N) is 1. The number of nitrogens with one attached hydrogen (secondary N) is 1. The molecule has 0 saturated heterocycles. The van der Waals surface area contributed by atoms with Crippen molar-refractivity contribution in [2.45, 2.75) is 6.42 Å². The van der Waals surface area contributed by atoms with Crippen molar-refractivity contribution in [3.63, 3.8) is 0 Å². The first kappa shape index (κ1) is 21.3. The molecule has 2 aromatic carbocycles. The van der Waals surface area contributed by atoms with Crippen molar-refractivity contribution < 1.29 is 14.3 Å². The zero-order valence-corrected chi connectivity index (χ0v) is 16.6. The van der Waals surface area contributed by atoms with Gasteiger partial charge in [0.1, 0.15) is 11.6 Å². The molecule has 146 valence electrons.